The monoisotopic (exact) mass is 456 g/mol. The third-order valence-corrected chi connectivity index (χ3v) is 5.98. The van der Waals surface area contributed by atoms with E-state index in [0.717, 1.165) is 23.2 Å². The Morgan fingerprint density at radius 1 is 0.882 bits per heavy atom. The van der Waals surface area contributed by atoms with Crippen LogP contribution in [0.1, 0.15) is 43.4 Å². The Labute approximate surface area is 201 Å². The van der Waals surface area contributed by atoms with Gasteiger partial charge in [0.2, 0.25) is 5.91 Å². The van der Waals surface area contributed by atoms with Crippen molar-refractivity contribution in [2.75, 3.05) is 18.4 Å². The van der Waals surface area contributed by atoms with Gasteiger partial charge in [-0.1, -0.05) is 72.8 Å². The van der Waals surface area contributed by atoms with Crippen LogP contribution < -0.4 is 5.32 Å². The second kappa shape index (κ2) is 10.1. The summed E-state index contributed by atoms with van der Waals surface area (Å²) >= 11 is 0. The Morgan fingerprint density at radius 2 is 1.53 bits per heavy atom. The normalized spacial score (nSPS) is 17.9. The van der Waals surface area contributed by atoms with Crippen molar-refractivity contribution in [3.8, 4) is 0 Å². The summed E-state index contributed by atoms with van der Waals surface area (Å²) in [6.07, 6.45) is 0.418. The molecule has 1 aliphatic heterocycles. The van der Waals surface area contributed by atoms with E-state index in [9.17, 15) is 9.59 Å². The summed E-state index contributed by atoms with van der Waals surface area (Å²) in [5, 5.41) is 3.10. The quantitative estimate of drug-likeness (QED) is 0.523. The van der Waals surface area contributed by atoms with Crippen molar-refractivity contribution in [3.05, 3.63) is 102 Å². The summed E-state index contributed by atoms with van der Waals surface area (Å²) in [5.74, 6) is -0.550. The lowest BCUT2D eigenvalue weighted by molar-refractivity contribution is -0.119. The summed E-state index contributed by atoms with van der Waals surface area (Å²) in [4.78, 5) is 27.8. The molecule has 1 saturated heterocycles. The maximum atomic E-state index is 13.4. The number of benzene rings is 3. The molecule has 176 valence electrons. The summed E-state index contributed by atoms with van der Waals surface area (Å²) < 4.78 is 5.58. The van der Waals surface area contributed by atoms with Crippen molar-refractivity contribution in [1.82, 2.24) is 4.90 Å². The summed E-state index contributed by atoms with van der Waals surface area (Å²) in [5.41, 5.74) is 3.58. The fourth-order valence-electron chi connectivity index (χ4n) is 4.41. The topological polar surface area (TPSA) is 58.6 Å². The molecule has 0 aromatic heterocycles. The average Bonchev–Trinajstić information content (AvgIpc) is 3.26. The molecule has 0 aliphatic carbocycles. The van der Waals surface area contributed by atoms with Crippen LogP contribution in [0, 0.1) is 5.92 Å². The van der Waals surface area contributed by atoms with Crippen molar-refractivity contribution in [2.45, 2.75) is 38.7 Å². The van der Waals surface area contributed by atoms with E-state index in [1.807, 2.05) is 87.5 Å². The van der Waals surface area contributed by atoms with E-state index in [1.54, 1.807) is 4.90 Å². The number of hydrogen-bond donors (Lipinski definition) is 1. The molecule has 0 spiro atoms. The smallest absolute Gasteiger partial charge is 0.410 e. The van der Waals surface area contributed by atoms with Gasteiger partial charge in [0.05, 0.1) is 5.92 Å². The first kappa shape index (κ1) is 23.6. The molecule has 5 nitrogen and oxygen atoms in total. The predicted molar refractivity (Wildman–Crippen MR) is 135 cm³/mol. The van der Waals surface area contributed by atoms with Crippen molar-refractivity contribution in [3.63, 3.8) is 0 Å². The van der Waals surface area contributed by atoms with Crippen molar-refractivity contribution < 1.29 is 14.3 Å². The van der Waals surface area contributed by atoms with Gasteiger partial charge in [-0.3, -0.25) is 4.79 Å². The Kier molecular flexibility index (Phi) is 7.01. The zero-order valence-corrected chi connectivity index (χ0v) is 20.0. The van der Waals surface area contributed by atoms with Crippen LogP contribution in [0.5, 0.6) is 0 Å². The van der Waals surface area contributed by atoms with Crippen LogP contribution >= 0.6 is 0 Å². The minimum atomic E-state index is -0.584. The van der Waals surface area contributed by atoms with Crippen LogP contribution in [0.15, 0.2) is 84.9 Å². The number of rotatable bonds is 5. The lowest BCUT2D eigenvalue weighted by Gasteiger charge is -2.24. The fraction of sp³-hybridized carbons (Fsp3) is 0.310. The van der Waals surface area contributed by atoms with Gasteiger partial charge in [-0.15, -0.1) is 0 Å². The van der Waals surface area contributed by atoms with Crippen molar-refractivity contribution in [1.29, 1.82) is 0 Å². The van der Waals surface area contributed by atoms with Gasteiger partial charge < -0.3 is 15.0 Å². The molecule has 3 aromatic carbocycles. The number of carbonyl (C=O) groups excluding carboxylic acids is 2. The first-order valence-electron chi connectivity index (χ1n) is 11.7. The summed E-state index contributed by atoms with van der Waals surface area (Å²) in [6.45, 7) is 6.32. The van der Waals surface area contributed by atoms with Gasteiger partial charge in [0.1, 0.15) is 5.60 Å². The van der Waals surface area contributed by atoms with Crippen LogP contribution in [-0.2, 0) is 16.0 Å². The molecule has 0 saturated carbocycles. The van der Waals surface area contributed by atoms with E-state index in [-0.39, 0.29) is 23.8 Å². The molecule has 34 heavy (non-hydrogen) atoms. The van der Waals surface area contributed by atoms with Crippen LogP contribution in [0.4, 0.5) is 10.5 Å². The first-order chi connectivity index (χ1) is 16.3. The van der Waals surface area contributed by atoms with Gasteiger partial charge >= 0.3 is 6.09 Å². The molecule has 1 N–H and O–H groups in total. The third kappa shape index (κ3) is 6.04. The van der Waals surface area contributed by atoms with Gasteiger partial charge in [-0.05, 0) is 56.0 Å². The SMILES string of the molecule is CC(C)(C)OC(=O)N1C[C@@H](C(=O)Nc2cccc(Cc3ccccc3)c2)[C@H](c2ccccc2)C1. The Morgan fingerprint density at radius 3 is 2.21 bits per heavy atom. The van der Waals surface area contributed by atoms with Gasteiger partial charge in [-0.25, -0.2) is 4.79 Å². The molecule has 1 fully saturated rings. The van der Waals surface area contributed by atoms with Crippen molar-refractivity contribution >= 4 is 17.7 Å². The Hall–Kier alpha value is -3.60. The summed E-state index contributed by atoms with van der Waals surface area (Å²) in [6, 6.07) is 28.1. The second-order valence-corrected chi connectivity index (χ2v) is 9.86. The molecule has 5 heteroatoms. The standard InChI is InChI=1S/C29H32N2O3/c1-29(2,3)34-28(33)31-19-25(23-14-8-5-9-15-23)26(20-31)27(32)30-24-16-10-13-22(18-24)17-21-11-6-4-7-12-21/h4-16,18,25-26H,17,19-20H2,1-3H3,(H,30,32)/t25-,26+/m0/s1. The molecular weight excluding hydrogens is 424 g/mol. The fourth-order valence-corrected chi connectivity index (χ4v) is 4.41. The van der Waals surface area contributed by atoms with E-state index in [1.165, 1.54) is 5.56 Å². The zero-order chi connectivity index (χ0) is 24.1. The summed E-state index contributed by atoms with van der Waals surface area (Å²) in [7, 11) is 0. The molecule has 0 radical (unpaired) electrons. The van der Waals surface area contributed by atoms with Crippen LogP contribution in [0.2, 0.25) is 0 Å². The second-order valence-electron chi connectivity index (χ2n) is 9.86. The minimum Gasteiger partial charge on any atom is -0.444 e. The van der Waals surface area contributed by atoms with Crippen LogP contribution in [-0.4, -0.2) is 35.6 Å². The highest BCUT2D eigenvalue weighted by molar-refractivity contribution is 5.94. The van der Waals surface area contributed by atoms with Crippen LogP contribution in [0.25, 0.3) is 0 Å². The van der Waals surface area contributed by atoms with Gasteiger partial charge in [0.25, 0.3) is 0 Å². The first-order valence-corrected chi connectivity index (χ1v) is 11.7. The van der Waals surface area contributed by atoms with E-state index < -0.39 is 5.60 Å². The van der Waals surface area contributed by atoms with E-state index >= 15 is 0 Å². The lowest BCUT2D eigenvalue weighted by atomic mass is 9.88. The molecule has 1 heterocycles. The molecule has 2 amide bonds. The number of anilines is 1. The molecule has 4 rings (SSSR count). The van der Waals surface area contributed by atoms with Gasteiger partial charge in [-0.2, -0.15) is 0 Å². The Balaban J connectivity index is 1.51. The average molecular weight is 457 g/mol. The number of ether oxygens (including phenoxy) is 1. The zero-order valence-electron chi connectivity index (χ0n) is 20.0. The minimum absolute atomic E-state index is 0.0863. The Bertz CT molecular complexity index is 1120. The highest BCUT2D eigenvalue weighted by Gasteiger charge is 2.41. The highest BCUT2D eigenvalue weighted by atomic mass is 16.6. The number of hydrogen-bond acceptors (Lipinski definition) is 3. The van der Waals surface area contributed by atoms with Gasteiger partial charge in [0.15, 0.2) is 0 Å². The maximum Gasteiger partial charge on any atom is 0.410 e. The van der Waals surface area contributed by atoms with Crippen molar-refractivity contribution in [2.24, 2.45) is 5.92 Å². The lowest BCUT2D eigenvalue weighted by Crippen LogP contribution is -2.36. The number of amides is 2. The number of nitrogens with one attached hydrogen (secondary N) is 1. The van der Waals surface area contributed by atoms with Gasteiger partial charge in [0, 0.05) is 24.7 Å². The molecule has 1 aliphatic rings. The van der Waals surface area contributed by atoms with E-state index in [4.69, 9.17) is 4.74 Å². The highest BCUT2D eigenvalue weighted by Crippen LogP contribution is 2.34. The van der Waals surface area contributed by atoms with Crippen LogP contribution in [0.3, 0.4) is 0 Å². The maximum absolute atomic E-state index is 13.4. The number of carbonyl (C=O) groups is 2. The number of nitrogens with zero attached hydrogens (tertiary/aromatic N) is 1. The molecule has 2 atom stereocenters. The number of likely N-dealkylation sites (tertiary alicyclic amines) is 1. The molecule has 0 bridgehead atoms. The van der Waals surface area contributed by atoms with E-state index in [0.29, 0.717) is 13.1 Å². The largest absolute Gasteiger partial charge is 0.444 e. The molecule has 0 unspecified atom stereocenters. The molecular formula is C29H32N2O3. The predicted octanol–water partition coefficient (Wildman–Crippen LogP) is 5.87. The molecule has 3 aromatic rings. The third-order valence-electron chi connectivity index (χ3n) is 5.98. The van der Waals surface area contributed by atoms with E-state index in [2.05, 4.69) is 23.5 Å².